The van der Waals surface area contributed by atoms with Crippen LogP contribution in [0.2, 0.25) is 0 Å². The SMILES string of the molecule is CC(C)c1ccc(C(NC(=O)c2csc(CCN)n2)c2cccs2)cc1.Cl. The minimum atomic E-state index is -0.177. The summed E-state index contributed by atoms with van der Waals surface area (Å²) in [5.41, 5.74) is 8.38. The number of thiophene rings is 1. The molecule has 0 saturated heterocycles. The summed E-state index contributed by atoms with van der Waals surface area (Å²) in [4.78, 5) is 18.2. The van der Waals surface area contributed by atoms with Crippen molar-refractivity contribution in [3.8, 4) is 0 Å². The largest absolute Gasteiger partial charge is 0.339 e. The Bertz CT molecular complexity index is 845. The zero-order valence-electron chi connectivity index (χ0n) is 15.3. The second kappa shape index (κ2) is 9.99. The number of benzene rings is 1. The summed E-state index contributed by atoms with van der Waals surface area (Å²) in [6.07, 6.45) is 0.697. The molecule has 3 N–H and O–H groups in total. The molecule has 3 aromatic rings. The lowest BCUT2D eigenvalue weighted by Crippen LogP contribution is -2.29. The van der Waals surface area contributed by atoms with Crippen LogP contribution in [0.3, 0.4) is 0 Å². The van der Waals surface area contributed by atoms with Crippen LogP contribution in [0.25, 0.3) is 0 Å². The highest BCUT2D eigenvalue weighted by atomic mass is 35.5. The second-order valence-corrected chi connectivity index (χ2v) is 8.33. The van der Waals surface area contributed by atoms with E-state index in [-0.39, 0.29) is 24.4 Å². The van der Waals surface area contributed by atoms with Gasteiger partial charge >= 0.3 is 0 Å². The number of hydrogen-bond acceptors (Lipinski definition) is 5. The molecule has 0 aliphatic rings. The van der Waals surface area contributed by atoms with Crippen LogP contribution in [0.1, 0.15) is 57.3 Å². The molecular formula is C20H24ClN3OS2. The predicted octanol–water partition coefficient (Wildman–Crippen LogP) is 4.77. The first-order valence-corrected chi connectivity index (χ1v) is 10.4. The maximum atomic E-state index is 12.7. The molecule has 1 atom stereocenters. The van der Waals surface area contributed by atoms with Crippen LogP contribution in [0, 0.1) is 0 Å². The predicted molar refractivity (Wildman–Crippen MR) is 116 cm³/mol. The van der Waals surface area contributed by atoms with Gasteiger partial charge in [0.15, 0.2) is 0 Å². The lowest BCUT2D eigenvalue weighted by Gasteiger charge is -2.18. The van der Waals surface area contributed by atoms with E-state index in [1.165, 1.54) is 16.9 Å². The number of hydrogen-bond donors (Lipinski definition) is 2. The van der Waals surface area contributed by atoms with Gasteiger partial charge in [-0.05, 0) is 35.0 Å². The van der Waals surface area contributed by atoms with E-state index in [9.17, 15) is 4.79 Å². The zero-order chi connectivity index (χ0) is 18.5. The number of nitrogens with zero attached hydrogens (tertiary/aromatic N) is 1. The number of carbonyl (C=O) groups is 1. The summed E-state index contributed by atoms with van der Waals surface area (Å²) in [7, 11) is 0. The molecule has 4 nitrogen and oxygen atoms in total. The third-order valence-corrected chi connectivity index (χ3v) is 6.03. The fourth-order valence-electron chi connectivity index (χ4n) is 2.71. The minimum Gasteiger partial charge on any atom is -0.339 e. The molecule has 0 spiro atoms. The molecular weight excluding hydrogens is 398 g/mol. The van der Waals surface area contributed by atoms with E-state index in [1.807, 2.05) is 17.5 Å². The highest BCUT2D eigenvalue weighted by molar-refractivity contribution is 7.10. The van der Waals surface area contributed by atoms with Gasteiger partial charge in [-0.2, -0.15) is 0 Å². The van der Waals surface area contributed by atoms with Crippen molar-refractivity contribution in [1.29, 1.82) is 0 Å². The first-order valence-electron chi connectivity index (χ1n) is 8.67. The van der Waals surface area contributed by atoms with Crippen molar-refractivity contribution in [2.45, 2.75) is 32.2 Å². The number of halogens is 1. The van der Waals surface area contributed by atoms with E-state index in [1.54, 1.807) is 16.7 Å². The monoisotopic (exact) mass is 421 g/mol. The molecule has 1 aromatic carbocycles. The van der Waals surface area contributed by atoms with Crippen LogP contribution in [-0.2, 0) is 6.42 Å². The third-order valence-electron chi connectivity index (χ3n) is 4.18. The molecule has 27 heavy (non-hydrogen) atoms. The van der Waals surface area contributed by atoms with Crippen molar-refractivity contribution in [3.05, 3.63) is 73.9 Å². The molecule has 2 heterocycles. The number of nitrogens with two attached hydrogens (primary N) is 1. The van der Waals surface area contributed by atoms with Gasteiger partial charge in [0.2, 0.25) is 0 Å². The van der Waals surface area contributed by atoms with Gasteiger partial charge in [-0.3, -0.25) is 4.79 Å². The first-order chi connectivity index (χ1) is 12.6. The Morgan fingerprint density at radius 3 is 2.44 bits per heavy atom. The van der Waals surface area contributed by atoms with E-state index in [0.717, 1.165) is 15.4 Å². The van der Waals surface area contributed by atoms with Gasteiger partial charge in [0, 0.05) is 16.7 Å². The first kappa shape index (κ1) is 21.6. The van der Waals surface area contributed by atoms with Crippen molar-refractivity contribution in [2.75, 3.05) is 6.54 Å². The summed E-state index contributed by atoms with van der Waals surface area (Å²) in [6, 6.07) is 12.3. The van der Waals surface area contributed by atoms with Crippen LogP contribution in [0.5, 0.6) is 0 Å². The zero-order valence-corrected chi connectivity index (χ0v) is 17.8. The topological polar surface area (TPSA) is 68.0 Å². The van der Waals surface area contributed by atoms with Gasteiger partial charge in [-0.1, -0.05) is 44.2 Å². The lowest BCUT2D eigenvalue weighted by atomic mass is 9.98. The van der Waals surface area contributed by atoms with Crippen molar-refractivity contribution in [3.63, 3.8) is 0 Å². The Hall–Kier alpha value is -1.73. The summed E-state index contributed by atoms with van der Waals surface area (Å²) >= 11 is 3.12. The Balaban J connectivity index is 0.00000261. The van der Waals surface area contributed by atoms with Crippen LogP contribution in [0.15, 0.2) is 47.2 Å². The molecule has 0 aliphatic carbocycles. The van der Waals surface area contributed by atoms with Gasteiger partial charge in [0.05, 0.1) is 11.0 Å². The number of aromatic nitrogens is 1. The van der Waals surface area contributed by atoms with E-state index in [0.29, 0.717) is 24.6 Å². The molecule has 2 aromatic heterocycles. The molecule has 144 valence electrons. The lowest BCUT2D eigenvalue weighted by molar-refractivity contribution is 0.0939. The van der Waals surface area contributed by atoms with Gasteiger partial charge in [0.1, 0.15) is 5.69 Å². The van der Waals surface area contributed by atoms with Crippen LogP contribution < -0.4 is 11.1 Å². The fourth-order valence-corrected chi connectivity index (χ4v) is 4.30. The van der Waals surface area contributed by atoms with Crippen molar-refractivity contribution in [2.24, 2.45) is 5.73 Å². The maximum Gasteiger partial charge on any atom is 0.271 e. The van der Waals surface area contributed by atoms with E-state index in [4.69, 9.17) is 5.73 Å². The Labute approximate surface area is 174 Å². The van der Waals surface area contributed by atoms with Crippen molar-refractivity contribution < 1.29 is 4.79 Å². The van der Waals surface area contributed by atoms with E-state index < -0.39 is 0 Å². The number of carbonyl (C=O) groups excluding carboxylic acids is 1. The molecule has 1 unspecified atom stereocenters. The summed E-state index contributed by atoms with van der Waals surface area (Å²) in [5, 5.41) is 7.86. The van der Waals surface area contributed by atoms with Crippen LogP contribution >= 0.6 is 35.1 Å². The Kier molecular flexibility index (Phi) is 7.98. The Morgan fingerprint density at radius 1 is 1.15 bits per heavy atom. The van der Waals surface area contributed by atoms with E-state index in [2.05, 4.69) is 48.4 Å². The molecule has 1 amide bonds. The third kappa shape index (κ3) is 5.39. The quantitative estimate of drug-likeness (QED) is 0.577. The van der Waals surface area contributed by atoms with Crippen molar-refractivity contribution >= 4 is 41.0 Å². The number of amides is 1. The Morgan fingerprint density at radius 2 is 1.85 bits per heavy atom. The molecule has 7 heteroatoms. The average Bonchev–Trinajstić information content (AvgIpc) is 3.32. The fraction of sp³-hybridized carbons (Fsp3) is 0.300. The van der Waals surface area contributed by atoms with Gasteiger partial charge < -0.3 is 11.1 Å². The molecule has 0 aliphatic heterocycles. The number of nitrogens with one attached hydrogen (secondary N) is 1. The number of rotatable bonds is 7. The van der Waals surface area contributed by atoms with Gasteiger partial charge in [-0.15, -0.1) is 35.1 Å². The molecule has 0 fully saturated rings. The normalized spacial score (nSPS) is 11.9. The standard InChI is InChI=1S/C20H23N3OS2.ClH/c1-13(2)14-5-7-15(8-6-14)19(17-4-3-11-25-17)23-20(24)16-12-26-18(22-16)9-10-21;/h3-8,11-13,19H,9-10,21H2,1-2H3,(H,23,24);1H. The molecule has 3 rings (SSSR count). The molecule has 0 radical (unpaired) electrons. The molecule has 0 saturated carbocycles. The number of thiazole rings is 1. The maximum absolute atomic E-state index is 12.7. The summed E-state index contributed by atoms with van der Waals surface area (Å²) in [5.74, 6) is 0.325. The summed E-state index contributed by atoms with van der Waals surface area (Å²) < 4.78 is 0. The van der Waals surface area contributed by atoms with Gasteiger partial charge in [0.25, 0.3) is 5.91 Å². The average molecular weight is 422 g/mol. The van der Waals surface area contributed by atoms with Crippen molar-refractivity contribution in [1.82, 2.24) is 10.3 Å². The van der Waals surface area contributed by atoms with E-state index >= 15 is 0 Å². The highest BCUT2D eigenvalue weighted by Crippen LogP contribution is 2.28. The highest BCUT2D eigenvalue weighted by Gasteiger charge is 2.20. The second-order valence-electron chi connectivity index (χ2n) is 6.41. The molecule has 0 bridgehead atoms. The minimum absolute atomic E-state index is 0. The van der Waals surface area contributed by atoms with Gasteiger partial charge in [-0.25, -0.2) is 4.98 Å². The summed E-state index contributed by atoms with van der Waals surface area (Å²) in [6.45, 7) is 4.89. The van der Waals surface area contributed by atoms with Crippen LogP contribution in [0.4, 0.5) is 0 Å². The smallest absolute Gasteiger partial charge is 0.271 e. The van der Waals surface area contributed by atoms with Crippen LogP contribution in [-0.4, -0.2) is 17.4 Å².